The second-order valence-electron chi connectivity index (χ2n) is 8.67. The first-order chi connectivity index (χ1) is 18.1. The van der Waals surface area contributed by atoms with Crippen LogP contribution < -0.4 is 15.5 Å². The van der Waals surface area contributed by atoms with Crippen molar-refractivity contribution in [2.75, 3.05) is 22.1 Å². The van der Waals surface area contributed by atoms with Gasteiger partial charge in [0.05, 0.1) is 11.6 Å². The zero-order chi connectivity index (χ0) is 25.6. The number of para-hydroxylation sites is 2. The van der Waals surface area contributed by atoms with Gasteiger partial charge in [-0.2, -0.15) is 0 Å². The number of anilines is 3. The van der Waals surface area contributed by atoms with E-state index in [4.69, 9.17) is 0 Å². The SMILES string of the molecule is O=C(Nc1ccccc1Sc1ccccc1)c1ccc(NC(=O)C2CC(=O)N(c3ccccc3)C2)cc1. The summed E-state index contributed by atoms with van der Waals surface area (Å²) in [7, 11) is 0. The molecule has 0 radical (unpaired) electrons. The fourth-order valence-electron chi connectivity index (χ4n) is 4.16. The van der Waals surface area contributed by atoms with Crippen molar-refractivity contribution in [3.05, 3.63) is 115 Å². The summed E-state index contributed by atoms with van der Waals surface area (Å²) in [4.78, 5) is 41.8. The van der Waals surface area contributed by atoms with Crippen LogP contribution in [-0.2, 0) is 9.59 Å². The second kappa shape index (κ2) is 11.1. The monoisotopic (exact) mass is 507 g/mol. The molecule has 7 heteroatoms. The zero-order valence-corrected chi connectivity index (χ0v) is 20.8. The van der Waals surface area contributed by atoms with Crippen LogP contribution in [0.25, 0.3) is 0 Å². The van der Waals surface area contributed by atoms with E-state index >= 15 is 0 Å². The largest absolute Gasteiger partial charge is 0.326 e. The molecule has 1 unspecified atom stereocenters. The van der Waals surface area contributed by atoms with E-state index < -0.39 is 5.92 Å². The van der Waals surface area contributed by atoms with Crippen LogP contribution in [-0.4, -0.2) is 24.3 Å². The van der Waals surface area contributed by atoms with Gasteiger partial charge in [0.25, 0.3) is 5.91 Å². The Morgan fingerprint density at radius 3 is 2.14 bits per heavy atom. The molecule has 6 nitrogen and oxygen atoms in total. The number of benzene rings is 4. The molecule has 5 rings (SSSR count). The van der Waals surface area contributed by atoms with Crippen LogP contribution in [0.1, 0.15) is 16.8 Å². The highest BCUT2D eigenvalue weighted by Crippen LogP contribution is 2.33. The van der Waals surface area contributed by atoms with Crippen molar-refractivity contribution < 1.29 is 14.4 Å². The highest BCUT2D eigenvalue weighted by molar-refractivity contribution is 7.99. The Morgan fingerprint density at radius 2 is 1.41 bits per heavy atom. The molecule has 1 saturated heterocycles. The third kappa shape index (κ3) is 5.90. The maximum Gasteiger partial charge on any atom is 0.255 e. The van der Waals surface area contributed by atoms with E-state index in [1.165, 1.54) is 0 Å². The third-order valence-electron chi connectivity index (χ3n) is 6.08. The quantitative estimate of drug-likeness (QED) is 0.318. The van der Waals surface area contributed by atoms with Crippen molar-refractivity contribution in [3.8, 4) is 0 Å². The van der Waals surface area contributed by atoms with E-state index in [0.29, 0.717) is 17.8 Å². The molecule has 1 aliphatic heterocycles. The average molecular weight is 508 g/mol. The van der Waals surface area contributed by atoms with Gasteiger partial charge in [0.15, 0.2) is 0 Å². The van der Waals surface area contributed by atoms with E-state index in [9.17, 15) is 14.4 Å². The van der Waals surface area contributed by atoms with Crippen LogP contribution >= 0.6 is 11.8 Å². The highest BCUT2D eigenvalue weighted by Gasteiger charge is 2.35. The number of rotatable bonds is 7. The molecule has 1 atom stereocenters. The first-order valence-electron chi connectivity index (χ1n) is 12.0. The first-order valence-corrected chi connectivity index (χ1v) is 12.8. The van der Waals surface area contributed by atoms with Gasteiger partial charge in [0, 0.05) is 39.7 Å². The fraction of sp³-hybridized carbons (Fsp3) is 0.100. The van der Waals surface area contributed by atoms with Crippen LogP contribution in [0.5, 0.6) is 0 Å². The molecule has 4 aromatic carbocycles. The van der Waals surface area contributed by atoms with Crippen LogP contribution in [0, 0.1) is 5.92 Å². The van der Waals surface area contributed by atoms with E-state index in [1.807, 2.05) is 84.9 Å². The van der Waals surface area contributed by atoms with Gasteiger partial charge in [-0.3, -0.25) is 14.4 Å². The van der Waals surface area contributed by atoms with Gasteiger partial charge in [-0.1, -0.05) is 60.3 Å². The standard InChI is InChI=1S/C30H25N3O3S/c34-28-19-22(20-33(28)24-9-3-1-4-10-24)30(36)31-23-17-15-21(16-18-23)29(35)32-26-13-7-8-14-27(26)37-25-11-5-2-6-12-25/h1-18,22H,19-20H2,(H,31,36)(H,32,35). The first kappa shape index (κ1) is 24.3. The van der Waals surface area contributed by atoms with Gasteiger partial charge in [0.1, 0.15) is 0 Å². The second-order valence-corrected chi connectivity index (χ2v) is 9.79. The normalized spacial score (nSPS) is 14.9. The number of nitrogens with zero attached hydrogens (tertiary/aromatic N) is 1. The van der Waals surface area contributed by atoms with Crippen molar-refractivity contribution in [1.82, 2.24) is 0 Å². The lowest BCUT2D eigenvalue weighted by Crippen LogP contribution is -2.28. The summed E-state index contributed by atoms with van der Waals surface area (Å²) < 4.78 is 0. The topological polar surface area (TPSA) is 78.5 Å². The van der Waals surface area contributed by atoms with E-state index in [0.717, 1.165) is 21.2 Å². The molecule has 0 spiro atoms. The summed E-state index contributed by atoms with van der Waals surface area (Å²) in [5, 5.41) is 5.86. The summed E-state index contributed by atoms with van der Waals surface area (Å²) in [6.45, 7) is 0.343. The zero-order valence-electron chi connectivity index (χ0n) is 20.0. The van der Waals surface area contributed by atoms with Crippen molar-refractivity contribution in [1.29, 1.82) is 0 Å². The molecule has 1 fully saturated rings. The summed E-state index contributed by atoms with van der Waals surface area (Å²) >= 11 is 1.58. The maximum absolute atomic E-state index is 12.9. The van der Waals surface area contributed by atoms with Crippen molar-refractivity contribution in [2.24, 2.45) is 5.92 Å². The van der Waals surface area contributed by atoms with Crippen molar-refractivity contribution in [3.63, 3.8) is 0 Å². The molecule has 4 aromatic rings. The summed E-state index contributed by atoms with van der Waals surface area (Å²) in [5.74, 6) is -0.951. The number of nitrogens with one attached hydrogen (secondary N) is 2. The molecular weight excluding hydrogens is 482 g/mol. The lowest BCUT2D eigenvalue weighted by molar-refractivity contribution is -0.122. The minimum absolute atomic E-state index is 0.0657. The van der Waals surface area contributed by atoms with Gasteiger partial charge < -0.3 is 15.5 Å². The minimum atomic E-state index is -0.436. The molecule has 0 aliphatic carbocycles. The number of hydrogen-bond donors (Lipinski definition) is 2. The molecule has 0 aromatic heterocycles. The molecule has 0 bridgehead atoms. The number of hydrogen-bond acceptors (Lipinski definition) is 4. The Kier molecular flexibility index (Phi) is 7.33. The van der Waals surface area contributed by atoms with E-state index in [-0.39, 0.29) is 24.1 Å². The Balaban J connectivity index is 1.20. The van der Waals surface area contributed by atoms with Gasteiger partial charge in [-0.05, 0) is 60.7 Å². The Labute approximate surface area is 219 Å². The lowest BCUT2D eigenvalue weighted by Gasteiger charge is -2.16. The minimum Gasteiger partial charge on any atom is -0.326 e. The molecule has 3 amide bonds. The fourth-order valence-corrected chi connectivity index (χ4v) is 5.08. The molecular formula is C30H25N3O3S. The number of carbonyl (C=O) groups excluding carboxylic acids is 3. The van der Waals surface area contributed by atoms with Crippen molar-refractivity contribution >= 4 is 46.5 Å². The van der Waals surface area contributed by atoms with Crippen LogP contribution in [0.4, 0.5) is 17.1 Å². The van der Waals surface area contributed by atoms with Gasteiger partial charge in [0.2, 0.25) is 11.8 Å². The maximum atomic E-state index is 12.9. The molecule has 0 saturated carbocycles. The predicted octanol–water partition coefficient (Wildman–Crippen LogP) is 6.08. The van der Waals surface area contributed by atoms with E-state index in [1.54, 1.807) is 40.9 Å². The Bertz CT molecular complexity index is 1410. The Hall–Kier alpha value is -4.36. The predicted molar refractivity (Wildman–Crippen MR) is 147 cm³/mol. The Morgan fingerprint density at radius 1 is 0.757 bits per heavy atom. The van der Waals surface area contributed by atoms with Crippen LogP contribution in [0.3, 0.4) is 0 Å². The summed E-state index contributed by atoms with van der Waals surface area (Å²) in [5.41, 5.74) is 2.57. The molecule has 37 heavy (non-hydrogen) atoms. The van der Waals surface area contributed by atoms with Gasteiger partial charge >= 0.3 is 0 Å². The summed E-state index contributed by atoms with van der Waals surface area (Å²) in [6.07, 6.45) is 0.168. The highest BCUT2D eigenvalue weighted by atomic mass is 32.2. The molecule has 1 heterocycles. The van der Waals surface area contributed by atoms with Gasteiger partial charge in [-0.15, -0.1) is 0 Å². The van der Waals surface area contributed by atoms with Gasteiger partial charge in [-0.25, -0.2) is 0 Å². The van der Waals surface area contributed by atoms with Crippen LogP contribution in [0.2, 0.25) is 0 Å². The molecule has 1 aliphatic rings. The summed E-state index contributed by atoms with van der Waals surface area (Å²) in [6, 6.07) is 33.7. The number of carbonyl (C=O) groups is 3. The average Bonchev–Trinajstić information content (AvgIpc) is 3.33. The third-order valence-corrected chi connectivity index (χ3v) is 7.17. The number of amides is 3. The molecule has 2 N–H and O–H groups in total. The van der Waals surface area contributed by atoms with Crippen molar-refractivity contribution in [2.45, 2.75) is 16.2 Å². The molecule has 184 valence electrons. The lowest BCUT2D eigenvalue weighted by atomic mass is 10.1. The smallest absolute Gasteiger partial charge is 0.255 e. The van der Waals surface area contributed by atoms with E-state index in [2.05, 4.69) is 10.6 Å². The van der Waals surface area contributed by atoms with Crippen LogP contribution in [0.15, 0.2) is 119 Å².